The Labute approximate surface area is 146 Å². The maximum absolute atomic E-state index is 13.8. The van der Waals surface area contributed by atoms with Crippen LogP contribution in [0.4, 0.5) is 4.39 Å². The number of aryl methyl sites for hydroxylation is 1. The summed E-state index contributed by atoms with van der Waals surface area (Å²) in [5.41, 5.74) is 4.94. The minimum atomic E-state index is -0.0114. The van der Waals surface area contributed by atoms with Gasteiger partial charge in [0.1, 0.15) is 5.83 Å². The molecule has 2 aromatic carbocycles. The van der Waals surface area contributed by atoms with Crippen LogP contribution in [0.2, 0.25) is 0 Å². The van der Waals surface area contributed by atoms with E-state index in [-0.39, 0.29) is 5.83 Å². The van der Waals surface area contributed by atoms with E-state index in [0.717, 1.165) is 37.7 Å². The Balaban J connectivity index is 1.92. The zero-order chi connectivity index (χ0) is 17.2. The number of halogens is 1. The van der Waals surface area contributed by atoms with Gasteiger partial charge < -0.3 is 0 Å². The van der Waals surface area contributed by atoms with Gasteiger partial charge in [-0.25, -0.2) is 4.39 Å². The van der Waals surface area contributed by atoms with E-state index in [1.165, 1.54) is 23.1 Å². The molecule has 0 saturated carbocycles. The Morgan fingerprint density at radius 1 is 0.792 bits per heavy atom. The van der Waals surface area contributed by atoms with Crippen LogP contribution < -0.4 is 0 Å². The fourth-order valence-corrected chi connectivity index (χ4v) is 2.88. The highest BCUT2D eigenvalue weighted by atomic mass is 19.1. The molecule has 0 unspecified atom stereocenters. The molecule has 0 aliphatic carbocycles. The van der Waals surface area contributed by atoms with Crippen molar-refractivity contribution in [1.82, 2.24) is 0 Å². The number of hydrogen-bond donors (Lipinski definition) is 0. The van der Waals surface area contributed by atoms with Gasteiger partial charge in [-0.3, -0.25) is 0 Å². The molecule has 0 N–H and O–H groups in total. The molecule has 24 heavy (non-hydrogen) atoms. The molecule has 0 heterocycles. The summed E-state index contributed by atoms with van der Waals surface area (Å²) in [6, 6.07) is 17.1. The van der Waals surface area contributed by atoms with E-state index >= 15 is 0 Å². The zero-order valence-corrected chi connectivity index (χ0v) is 15.0. The molecule has 2 rings (SSSR count). The average molecular weight is 324 g/mol. The van der Waals surface area contributed by atoms with Crippen molar-refractivity contribution in [2.45, 2.75) is 58.8 Å². The average Bonchev–Trinajstić information content (AvgIpc) is 2.59. The Kier molecular flexibility index (Phi) is 7.74. The van der Waals surface area contributed by atoms with Crippen molar-refractivity contribution in [3.8, 4) is 0 Å². The van der Waals surface area contributed by atoms with Crippen molar-refractivity contribution in [3.63, 3.8) is 0 Å². The largest absolute Gasteiger partial charge is 0.212 e. The molecular formula is C23H29F. The van der Waals surface area contributed by atoms with Crippen molar-refractivity contribution in [1.29, 1.82) is 0 Å². The lowest BCUT2D eigenvalue weighted by Crippen LogP contribution is -1.90. The van der Waals surface area contributed by atoms with E-state index < -0.39 is 0 Å². The van der Waals surface area contributed by atoms with Crippen LogP contribution >= 0.6 is 0 Å². The number of hydrogen-bond acceptors (Lipinski definition) is 0. The number of rotatable bonds is 9. The van der Waals surface area contributed by atoms with Gasteiger partial charge in [0.15, 0.2) is 0 Å². The van der Waals surface area contributed by atoms with Gasteiger partial charge in [-0.05, 0) is 54.0 Å². The second-order valence-electron chi connectivity index (χ2n) is 6.53. The predicted octanol–water partition coefficient (Wildman–Crippen LogP) is 7.12. The van der Waals surface area contributed by atoms with Crippen LogP contribution in [0.5, 0.6) is 0 Å². The van der Waals surface area contributed by atoms with E-state index in [4.69, 9.17) is 0 Å². The summed E-state index contributed by atoms with van der Waals surface area (Å²) in [6.07, 6.45) is 8.63. The molecule has 0 aliphatic rings. The van der Waals surface area contributed by atoms with Crippen LogP contribution in [-0.2, 0) is 12.8 Å². The third-order valence-electron chi connectivity index (χ3n) is 4.29. The lowest BCUT2D eigenvalue weighted by molar-refractivity contribution is 0.567. The summed E-state index contributed by atoms with van der Waals surface area (Å²) < 4.78 is 13.8. The molecule has 1 heteroatoms. The zero-order valence-electron chi connectivity index (χ0n) is 15.0. The van der Waals surface area contributed by atoms with Gasteiger partial charge in [0.25, 0.3) is 0 Å². The maximum atomic E-state index is 13.8. The molecular weight excluding hydrogens is 295 g/mol. The first-order chi connectivity index (χ1) is 11.7. The fourth-order valence-electron chi connectivity index (χ4n) is 2.88. The van der Waals surface area contributed by atoms with Crippen LogP contribution in [0.1, 0.15) is 68.2 Å². The Hall–Kier alpha value is -1.89. The van der Waals surface area contributed by atoms with Gasteiger partial charge in [0, 0.05) is 0 Å². The second kappa shape index (κ2) is 10.1. The highest BCUT2D eigenvalue weighted by Crippen LogP contribution is 2.17. The fraction of sp³-hybridized carbons (Fsp3) is 0.391. The number of unbranched alkanes of at least 4 members (excludes halogenated alkanes) is 2. The van der Waals surface area contributed by atoms with E-state index in [0.29, 0.717) is 6.42 Å². The van der Waals surface area contributed by atoms with Gasteiger partial charge in [-0.1, -0.05) is 81.6 Å². The molecule has 0 nitrogen and oxygen atoms in total. The molecule has 0 aliphatic heterocycles. The van der Waals surface area contributed by atoms with Gasteiger partial charge >= 0.3 is 0 Å². The van der Waals surface area contributed by atoms with Crippen molar-refractivity contribution < 1.29 is 4.39 Å². The standard InChI is InChI=1S/C23H29F/c1-3-5-6-8-23(24)18-22-15-13-21(14-16-22)17-20-11-9-19(7-4-2)10-12-20/h9-16,18H,3-8,17H2,1-2H3/b23-18+. The lowest BCUT2D eigenvalue weighted by atomic mass is 10.0. The Morgan fingerprint density at radius 2 is 1.38 bits per heavy atom. The van der Waals surface area contributed by atoms with Crippen molar-refractivity contribution in [2.75, 3.05) is 0 Å². The van der Waals surface area contributed by atoms with E-state index in [1.807, 2.05) is 12.1 Å². The van der Waals surface area contributed by atoms with E-state index in [9.17, 15) is 4.39 Å². The summed E-state index contributed by atoms with van der Waals surface area (Å²) in [5, 5.41) is 0. The summed E-state index contributed by atoms with van der Waals surface area (Å²) in [7, 11) is 0. The van der Waals surface area contributed by atoms with Crippen LogP contribution in [0.3, 0.4) is 0 Å². The molecule has 0 bridgehead atoms. The highest BCUT2D eigenvalue weighted by molar-refractivity contribution is 5.51. The normalized spacial score (nSPS) is 11.7. The summed E-state index contributed by atoms with van der Waals surface area (Å²) >= 11 is 0. The van der Waals surface area contributed by atoms with E-state index in [2.05, 4.69) is 50.2 Å². The van der Waals surface area contributed by atoms with Gasteiger partial charge in [-0.2, -0.15) is 0 Å². The van der Waals surface area contributed by atoms with E-state index in [1.54, 1.807) is 6.08 Å². The van der Waals surface area contributed by atoms with Crippen molar-refractivity contribution in [3.05, 3.63) is 76.6 Å². The van der Waals surface area contributed by atoms with Crippen molar-refractivity contribution >= 4 is 6.08 Å². The highest BCUT2D eigenvalue weighted by Gasteiger charge is 2.00. The third-order valence-corrected chi connectivity index (χ3v) is 4.29. The lowest BCUT2D eigenvalue weighted by Gasteiger charge is -2.05. The summed E-state index contributed by atoms with van der Waals surface area (Å²) in [6.45, 7) is 4.34. The molecule has 0 fully saturated rings. The monoisotopic (exact) mass is 324 g/mol. The molecule has 2 aromatic rings. The number of benzene rings is 2. The summed E-state index contributed by atoms with van der Waals surface area (Å²) in [4.78, 5) is 0. The van der Waals surface area contributed by atoms with Crippen LogP contribution in [0.15, 0.2) is 54.4 Å². The smallest absolute Gasteiger partial charge is 0.101 e. The van der Waals surface area contributed by atoms with Crippen LogP contribution in [0, 0.1) is 0 Å². The minimum absolute atomic E-state index is 0.0114. The molecule has 0 saturated heterocycles. The molecule has 0 atom stereocenters. The molecule has 0 amide bonds. The third kappa shape index (κ3) is 6.31. The molecule has 0 radical (unpaired) electrons. The minimum Gasteiger partial charge on any atom is -0.212 e. The first-order valence-electron chi connectivity index (χ1n) is 9.24. The quantitative estimate of drug-likeness (QED) is 0.431. The van der Waals surface area contributed by atoms with Gasteiger partial charge in [0.2, 0.25) is 0 Å². The van der Waals surface area contributed by atoms with Crippen LogP contribution in [-0.4, -0.2) is 0 Å². The second-order valence-corrected chi connectivity index (χ2v) is 6.53. The van der Waals surface area contributed by atoms with Crippen molar-refractivity contribution in [2.24, 2.45) is 0 Å². The SMILES string of the molecule is CCCCC/C(F)=C\c1ccc(Cc2ccc(CCC)cc2)cc1. The topological polar surface area (TPSA) is 0 Å². The Morgan fingerprint density at radius 3 is 1.96 bits per heavy atom. The van der Waals surface area contributed by atoms with Gasteiger partial charge in [-0.15, -0.1) is 0 Å². The molecule has 128 valence electrons. The van der Waals surface area contributed by atoms with Crippen LogP contribution in [0.25, 0.3) is 6.08 Å². The van der Waals surface area contributed by atoms with Gasteiger partial charge in [0.05, 0.1) is 0 Å². The molecule has 0 aromatic heterocycles. The first kappa shape index (κ1) is 18.4. The molecule has 0 spiro atoms. The number of allylic oxidation sites excluding steroid dienone is 1. The maximum Gasteiger partial charge on any atom is 0.101 e. The Bertz CT molecular complexity index is 620. The predicted molar refractivity (Wildman–Crippen MR) is 103 cm³/mol. The summed E-state index contributed by atoms with van der Waals surface area (Å²) in [5.74, 6) is -0.0114. The first-order valence-corrected chi connectivity index (χ1v) is 9.24.